The zero-order valence-corrected chi connectivity index (χ0v) is 18.0. The van der Waals surface area contributed by atoms with Gasteiger partial charge in [-0.25, -0.2) is 0 Å². The van der Waals surface area contributed by atoms with Gasteiger partial charge < -0.3 is 0 Å². The Morgan fingerprint density at radius 3 is 2.04 bits per heavy atom. The molecule has 0 aliphatic carbocycles. The molecule has 0 atom stereocenters. The van der Waals surface area contributed by atoms with E-state index in [0.717, 1.165) is 24.8 Å². The minimum Gasteiger partial charge on any atom is -0.266 e. The molecule has 0 radical (unpaired) electrons. The third kappa shape index (κ3) is 6.69. The largest absolute Gasteiger partial charge is 0.296 e. The van der Waals surface area contributed by atoms with Crippen LogP contribution in [0.3, 0.4) is 0 Å². The summed E-state index contributed by atoms with van der Waals surface area (Å²) in [6.07, 6.45) is 4.21. The van der Waals surface area contributed by atoms with Crippen molar-refractivity contribution in [2.45, 2.75) is 82.5 Å². The monoisotopic (exact) mass is 370 g/mol. The molecule has 0 fully saturated rings. The van der Waals surface area contributed by atoms with Crippen LogP contribution in [-0.2, 0) is 14.3 Å². The molecule has 3 nitrogen and oxygen atoms in total. The minimum atomic E-state index is -3.61. The molecule has 1 rings (SSSR count). The maximum absolute atomic E-state index is 12.1. The average Bonchev–Trinajstić information content (AvgIpc) is 2.45. The van der Waals surface area contributed by atoms with Crippen LogP contribution in [0.15, 0.2) is 29.2 Å². The maximum Gasteiger partial charge on any atom is 0.296 e. The molecule has 1 aromatic rings. The van der Waals surface area contributed by atoms with E-state index in [1.165, 1.54) is 12.5 Å². The highest BCUT2D eigenvalue weighted by atomic mass is 32.2. The number of hydrogen-bond acceptors (Lipinski definition) is 3. The van der Waals surface area contributed by atoms with E-state index in [1.807, 2.05) is 6.92 Å². The molecule has 0 bridgehead atoms. The Hall–Kier alpha value is -0.653. The summed E-state index contributed by atoms with van der Waals surface area (Å²) in [4.78, 5) is 0.242. The Bertz CT molecular complexity index is 598. The number of unbranched alkanes of at least 4 members (excludes halogenated alkanes) is 3. The molecule has 0 aliphatic rings. The van der Waals surface area contributed by atoms with E-state index in [9.17, 15) is 8.42 Å². The van der Waals surface area contributed by atoms with E-state index in [4.69, 9.17) is 4.18 Å². The first-order chi connectivity index (χ1) is 11.0. The van der Waals surface area contributed by atoms with Crippen LogP contribution in [0, 0.1) is 6.92 Å². The van der Waals surface area contributed by atoms with Gasteiger partial charge in [0, 0.05) is 0 Å². The minimum absolute atomic E-state index is 0.242. The molecular formula is C19H34O3SSi. The highest BCUT2D eigenvalue weighted by Gasteiger charge is 2.33. The Labute approximate surface area is 150 Å². The lowest BCUT2D eigenvalue weighted by molar-refractivity contribution is 0.307. The molecule has 0 spiro atoms. The van der Waals surface area contributed by atoms with E-state index < -0.39 is 18.2 Å². The lowest BCUT2D eigenvalue weighted by Crippen LogP contribution is -2.36. The highest BCUT2D eigenvalue weighted by molar-refractivity contribution is 7.86. The molecule has 5 heteroatoms. The first-order valence-electron chi connectivity index (χ1n) is 8.92. The SMILES string of the molecule is Cc1ccc(S(=O)(=O)OCCCCCC[Si](C)(C)C(C)(C)C)cc1. The average molecular weight is 371 g/mol. The fourth-order valence-electron chi connectivity index (χ4n) is 2.34. The van der Waals surface area contributed by atoms with Gasteiger partial charge in [-0.15, -0.1) is 0 Å². The summed E-state index contributed by atoms with van der Waals surface area (Å²) >= 11 is 0. The number of benzene rings is 1. The van der Waals surface area contributed by atoms with E-state index >= 15 is 0 Å². The molecule has 0 heterocycles. The van der Waals surface area contributed by atoms with Crippen molar-refractivity contribution in [3.63, 3.8) is 0 Å². The van der Waals surface area contributed by atoms with Crippen LogP contribution in [0.2, 0.25) is 24.2 Å². The lowest BCUT2D eigenvalue weighted by atomic mass is 10.2. The second-order valence-electron chi connectivity index (χ2n) is 8.39. The van der Waals surface area contributed by atoms with Gasteiger partial charge in [-0.05, 0) is 30.5 Å². The summed E-state index contributed by atoms with van der Waals surface area (Å²) in [5.41, 5.74) is 1.04. The van der Waals surface area contributed by atoms with Crippen LogP contribution in [0.5, 0.6) is 0 Å². The van der Waals surface area contributed by atoms with Crippen molar-refractivity contribution in [3.05, 3.63) is 29.8 Å². The summed E-state index contributed by atoms with van der Waals surface area (Å²) in [6, 6.07) is 8.11. The quantitative estimate of drug-likeness (QED) is 0.315. The van der Waals surface area contributed by atoms with Crippen LogP contribution in [0.25, 0.3) is 0 Å². The van der Waals surface area contributed by atoms with E-state index in [0.29, 0.717) is 5.04 Å². The fraction of sp³-hybridized carbons (Fsp3) is 0.684. The molecule has 0 amide bonds. The summed E-state index contributed by atoms with van der Waals surface area (Å²) in [7, 11) is -4.78. The van der Waals surface area contributed by atoms with Crippen LogP contribution >= 0.6 is 0 Å². The molecule has 0 N–H and O–H groups in total. The second kappa shape index (κ2) is 8.63. The van der Waals surface area contributed by atoms with Gasteiger partial charge in [0.25, 0.3) is 10.1 Å². The Kier molecular flexibility index (Phi) is 7.69. The molecule has 24 heavy (non-hydrogen) atoms. The molecule has 0 saturated carbocycles. The Morgan fingerprint density at radius 1 is 0.958 bits per heavy atom. The number of hydrogen-bond donors (Lipinski definition) is 0. The summed E-state index contributed by atoms with van der Waals surface area (Å²) < 4.78 is 29.3. The zero-order valence-electron chi connectivity index (χ0n) is 16.2. The molecule has 1 aromatic carbocycles. The van der Waals surface area contributed by atoms with Gasteiger partial charge in [-0.1, -0.05) is 76.9 Å². The van der Waals surface area contributed by atoms with Crippen molar-refractivity contribution in [1.82, 2.24) is 0 Å². The topological polar surface area (TPSA) is 43.4 Å². The van der Waals surface area contributed by atoms with Gasteiger partial charge in [-0.2, -0.15) is 8.42 Å². The molecular weight excluding hydrogens is 336 g/mol. The number of aryl methyl sites for hydroxylation is 1. The van der Waals surface area contributed by atoms with Gasteiger partial charge >= 0.3 is 0 Å². The van der Waals surface area contributed by atoms with Gasteiger partial charge in [0.05, 0.1) is 19.6 Å². The van der Waals surface area contributed by atoms with Crippen molar-refractivity contribution in [3.8, 4) is 0 Å². The van der Waals surface area contributed by atoms with Gasteiger partial charge in [-0.3, -0.25) is 4.18 Å². The summed E-state index contributed by atoms with van der Waals surface area (Å²) in [5, 5.41) is 0.443. The van der Waals surface area contributed by atoms with E-state index in [-0.39, 0.29) is 11.5 Å². The molecule has 0 unspecified atom stereocenters. The van der Waals surface area contributed by atoms with Crippen LogP contribution < -0.4 is 0 Å². The predicted octanol–water partition coefficient (Wildman–Crippen LogP) is 5.77. The first kappa shape index (κ1) is 21.4. The molecule has 0 aliphatic heterocycles. The van der Waals surface area contributed by atoms with E-state index in [1.54, 1.807) is 24.3 Å². The first-order valence-corrected chi connectivity index (χ1v) is 13.5. The van der Waals surface area contributed by atoms with Gasteiger partial charge in [0.15, 0.2) is 0 Å². The van der Waals surface area contributed by atoms with Crippen molar-refractivity contribution < 1.29 is 12.6 Å². The lowest BCUT2D eigenvalue weighted by Gasteiger charge is -2.37. The number of rotatable bonds is 9. The predicted molar refractivity (Wildman–Crippen MR) is 105 cm³/mol. The molecule has 0 aromatic heterocycles. The zero-order chi connectivity index (χ0) is 18.4. The third-order valence-corrected chi connectivity index (χ3v) is 12.3. The normalized spacial score (nSPS) is 13.2. The van der Waals surface area contributed by atoms with Crippen molar-refractivity contribution >= 4 is 18.2 Å². The van der Waals surface area contributed by atoms with E-state index in [2.05, 4.69) is 33.9 Å². The van der Waals surface area contributed by atoms with Gasteiger partial charge in [0.2, 0.25) is 0 Å². The molecule has 138 valence electrons. The van der Waals surface area contributed by atoms with Gasteiger partial charge in [0.1, 0.15) is 0 Å². The maximum atomic E-state index is 12.1. The van der Waals surface area contributed by atoms with Crippen molar-refractivity contribution in [2.24, 2.45) is 0 Å². The highest BCUT2D eigenvalue weighted by Crippen LogP contribution is 2.39. The van der Waals surface area contributed by atoms with Crippen LogP contribution in [-0.4, -0.2) is 23.1 Å². The van der Waals surface area contributed by atoms with Crippen LogP contribution in [0.4, 0.5) is 0 Å². The standard InChI is InChI=1S/C19H34O3SSi/c1-17-11-13-18(14-12-17)23(20,21)22-15-9-7-8-10-16-24(5,6)19(2,3)4/h11-14H,7-10,15-16H2,1-6H3. The van der Waals surface area contributed by atoms with Crippen LogP contribution in [0.1, 0.15) is 52.0 Å². The smallest absolute Gasteiger partial charge is 0.266 e. The Morgan fingerprint density at radius 2 is 1.50 bits per heavy atom. The molecule has 0 saturated heterocycles. The summed E-state index contributed by atoms with van der Waals surface area (Å²) in [6.45, 7) is 14.2. The second-order valence-corrected chi connectivity index (χ2v) is 15.8. The van der Waals surface area contributed by atoms with Crippen molar-refractivity contribution in [2.75, 3.05) is 6.61 Å². The Balaban J connectivity index is 2.26. The third-order valence-electron chi connectivity index (χ3n) is 5.27. The van der Waals surface area contributed by atoms with Crippen molar-refractivity contribution in [1.29, 1.82) is 0 Å². The fourth-order valence-corrected chi connectivity index (χ4v) is 5.17. The summed E-state index contributed by atoms with van der Waals surface area (Å²) in [5.74, 6) is 0.